The summed E-state index contributed by atoms with van der Waals surface area (Å²) in [7, 11) is 1.98. The van der Waals surface area contributed by atoms with Crippen molar-refractivity contribution in [1.82, 2.24) is 9.80 Å². The third kappa shape index (κ3) is 2.33. The van der Waals surface area contributed by atoms with Gasteiger partial charge in [0.2, 0.25) is 5.91 Å². The number of hydrogen-bond donors (Lipinski definition) is 0. The van der Waals surface area contributed by atoms with Crippen molar-refractivity contribution < 1.29 is 4.79 Å². The average molecular weight is 193 g/mol. The highest BCUT2D eigenvalue weighted by Gasteiger charge is 2.25. The smallest absolute Gasteiger partial charge is 0.246 e. The third-order valence-corrected chi connectivity index (χ3v) is 2.59. The molecule has 0 unspecified atom stereocenters. The molecule has 0 saturated carbocycles. The van der Waals surface area contributed by atoms with Gasteiger partial charge in [-0.25, -0.2) is 0 Å². The minimum atomic E-state index is -0.0407. The molecule has 0 aliphatic carbocycles. The molecule has 0 aromatic carbocycles. The van der Waals surface area contributed by atoms with Gasteiger partial charge in [0.05, 0.1) is 12.5 Å². The summed E-state index contributed by atoms with van der Waals surface area (Å²) >= 11 is 0. The summed E-state index contributed by atoms with van der Waals surface area (Å²) in [5.41, 5.74) is 0. The van der Waals surface area contributed by atoms with Crippen LogP contribution >= 0.6 is 0 Å². The number of likely N-dealkylation sites (N-methyl/N-ethyl adjacent to an activating group) is 1. The van der Waals surface area contributed by atoms with E-state index in [1.807, 2.05) is 7.05 Å². The molecule has 1 aliphatic heterocycles. The van der Waals surface area contributed by atoms with Crippen molar-refractivity contribution in [3.8, 4) is 6.07 Å². The van der Waals surface area contributed by atoms with E-state index in [9.17, 15) is 4.79 Å². The van der Waals surface area contributed by atoms with Crippen molar-refractivity contribution in [2.75, 3.05) is 26.7 Å². The normalized spacial score (nSPS) is 22.9. The largest absolute Gasteiger partial charge is 0.336 e. The van der Waals surface area contributed by atoms with Gasteiger partial charge >= 0.3 is 0 Å². The van der Waals surface area contributed by atoms with Crippen LogP contribution in [-0.4, -0.2) is 48.4 Å². The second-order valence-corrected chi connectivity index (χ2v) is 3.49. The van der Waals surface area contributed by atoms with Crippen LogP contribution in [0.4, 0.5) is 0 Å². The van der Waals surface area contributed by atoms with Crippen LogP contribution in [0.1, 0.15) is 6.42 Å². The number of nitriles is 1. The maximum Gasteiger partial charge on any atom is 0.246 e. The number of amides is 1. The Morgan fingerprint density at radius 1 is 1.71 bits per heavy atom. The fourth-order valence-electron chi connectivity index (χ4n) is 1.60. The van der Waals surface area contributed by atoms with E-state index in [1.54, 1.807) is 4.90 Å². The second-order valence-electron chi connectivity index (χ2n) is 3.49. The lowest BCUT2D eigenvalue weighted by Crippen LogP contribution is -2.52. The Kier molecular flexibility index (Phi) is 3.66. The van der Waals surface area contributed by atoms with E-state index in [0.29, 0.717) is 13.0 Å². The van der Waals surface area contributed by atoms with Gasteiger partial charge in [-0.3, -0.25) is 9.69 Å². The Bertz CT molecular complexity index is 269. The van der Waals surface area contributed by atoms with Gasteiger partial charge in [-0.2, -0.15) is 5.26 Å². The zero-order valence-electron chi connectivity index (χ0n) is 8.44. The lowest BCUT2D eigenvalue weighted by molar-refractivity contribution is -0.128. The molecule has 4 nitrogen and oxygen atoms in total. The van der Waals surface area contributed by atoms with Crippen molar-refractivity contribution in [3.05, 3.63) is 12.7 Å². The standard InChI is InChI=1S/C10H15N3O/c1-3-10(14)13-7-6-12(2)9(8-13)4-5-11/h3,9H,1,4,6-8H2,2H3/t9-/m0/s1. The maximum absolute atomic E-state index is 11.3. The van der Waals surface area contributed by atoms with E-state index >= 15 is 0 Å². The molecule has 1 rings (SSSR count). The zero-order valence-corrected chi connectivity index (χ0v) is 8.44. The fraction of sp³-hybridized carbons (Fsp3) is 0.600. The monoisotopic (exact) mass is 193 g/mol. The first-order chi connectivity index (χ1) is 6.69. The van der Waals surface area contributed by atoms with Gasteiger partial charge in [0.25, 0.3) is 0 Å². The molecule has 0 spiro atoms. The van der Waals surface area contributed by atoms with Gasteiger partial charge in [0.15, 0.2) is 0 Å². The molecule has 0 N–H and O–H groups in total. The van der Waals surface area contributed by atoms with E-state index < -0.39 is 0 Å². The average Bonchev–Trinajstić information content (AvgIpc) is 2.20. The number of nitrogens with zero attached hydrogens (tertiary/aromatic N) is 3. The number of carbonyl (C=O) groups excluding carboxylic acids is 1. The highest BCUT2D eigenvalue weighted by atomic mass is 16.2. The summed E-state index contributed by atoms with van der Waals surface area (Å²) in [6, 6.07) is 2.30. The fourth-order valence-corrected chi connectivity index (χ4v) is 1.60. The molecular formula is C10H15N3O. The molecule has 0 aromatic rings. The summed E-state index contributed by atoms with van der Waals surface area (Å²) in [6.45, 7) is 5.64. The highest BCUT2D eigenvalue weighted by molar-refractivity contribution is 5.87. The summed E-state index contributed by atoms with van der Waals surface area (Å²) in [6.07, 6.45) is 1.80. The Morgan fingerprint density at radius 2 is 2.43 bits per heavy atom. The maximum atomic E-state index is 11.3. The van der Waals surface area contributed by atoms with Crippen molar-refractivity contribution in [2.45, 2.75) is 12.5 Å². The first-order valence-corrected chi connectivity index (χ1v) is 4.67. The van der Waals surface area contributed by atoms with Gasteiger partial charge in [-0.15, -0.1) is 0 Å². The van der Waals surface area contributed by atoms with E-state index in [2.05, 4.69) is 17.5 Å². The van der Waals surface area contributed by atoms with Crippen LogP contribution in [0.15, 0.2) is 12.7 Å². The molecule has 1 fully saturated rings. The zero-order chi connectivity index (χ0) is 10.6. The molecule has 76 valence electrons. The molecule has 14 heavy (non-hydrogen) atoms. The Labute approximate surface area is 84.4 Å². The summed E-state index contributed by atoms with van der Waals surface area (Å²) in [5, 5.41) is 8.62. The molecule has 1 saturated heterocycles. The second kappa shape index (κ2) is 4.77. The molecular weight excluding hydrogens is 178 g/mol. The number of carbonyl (C=O) groups is 1. The first kappa shape index (κ1) is 10.7. The van der Waals surface area contributed by atoms with Gasteiger partial charge in [0, 0.05) is 25.7 Å². The molecule has 0 radical (unpaired) electrons. The topological polar surface area (TPSA) is 47.3 Å². The van der Waals surface area contributed by atoms with Crippen LogP contribution in [0, 0.1) is 11.3 Å². The number of piperazine rings is 1. The van der Waals surface area contributed by atoms with E-state index in [0.717, 1.165) is 13.1 Å². The molecule has 0 aromatic heterocycles. The predicted molar refractivity (Wildman–Crippen MR) is 53.4 cm³/mol. The number of rotatable bonds is 2. The highest BCUT2D eigenvalue weighted by Crippen LogP contribution is 2.10. The third-order valence-electron chi connectivity index (χ3n) is 2.59. The summed E-state index contributed by atoms with van der Waals surface area (Å²) in [4.78, 5) is 15.2. The molecule has 4 heteroatoms. The van der Waals surface area contributed by atoms with Crippen molar-refractivity contribution in [3.63, 3.8) is 0 Å². The number of hydrogen-bond acceptors (Lipinski definition) is 3. The first-order valence-electron chi connectivity index (χ1n) is 4.67. The minimum Gasteiger partial charge on any atom is -0.336 e. The van der Waals surface area contributed by atoms with Crippen LogP contribution < -0.4 is 0 Å². The lowest BCUT2D eigenvalue weighted by atomic mass is 10.1. The molecule has 0 bridgehead atoms. The van der Waals surface area contributed by atoms with Crippen LogP contribution in [-0.2, 0) is 4.79 Å². The summed E-state index contributed by atoms with van der Waals surface area (Å²) in [5.74, 6) is -0.0407. The van der Waals surface area contributed by atoms with Crippen molar-refractivity contribution in [2.24, 2.45) is 0 Å². The van der Waals surface area contributed by atoms with Gasteiger partial charge in [0.1, 0.15) is 0 Å². The lowest BCUT2D eigenvalue weighted by Gasteiger charge is -2.38. The van der Waals surface area contributed by atoms with Crippen LogP contribution in [0.3, 0.4) is 0 Å². The minimum absolute atomic E-state index is 0.0407. The van der Waals surface area contributed by atoms with Crippen molar-refractivity contribution in [1.29, 1.82) is 5.26 Å². The molecule has 1 atom stereocenters. The Morgan fingerprint density at radius 3 is 3.00 bits per heavy atom. The van der Waals surface area contributed by atoms with E-state index in [4.69, 9.17) is 5.26 Å². The predicted octanol–water partition coefficient (Wildman–Crippen LogP) is 0.229. The summed E-state index contributed by atoms with van der Waals surface area (Å²) < 4.78 is 0. The quantitative estimate of drug-likeness (QED) is 0.590. The molecule has 1 heterocycles. The van der Waals surface area contributed by atoms with Gasteiger partial charge < -0.3 is 4.90 Å². The van der Waals surface area contributed by atoms with Crippen molar-refractivity contribution >= 4 is 5.91 Å². The van der Waals surface area contributed by atoms with Crippen LogP contribution in [0.25, 0.3) is 0 Å². The Balaban J connectivity index is 2.57. The van der Waals surface area contributed by atoms with Gasteiger partial charge in [-0.1, -0.05) is 6.58 Å². The van der Waals surface area contributed by atoms with Crippen LogP contribution in [0.2, 0.25) is 0 Å². The molecule has 1 aliphatic rings. The van der Waals surface area contributed by atoms with E-state index in [1.165, 1.54) is 6.08 Å². The molecule has 1 amide bonds. The van der Waals surface area contributed by atoms with Gasteiger partial charge in [-0.05, 0) is 13.1 Å². The SMILES string of the molecule is C=CC(=O)N1CCN(C)[C@@H](CC#N)C1. The van der Waals surface area contributed by atoms with Crippen LogP contribution in [0.5, 0.6) is 0 Å². The van der Waals surface area contributed by atoms with E-state index in [-0.39, 0.29) is 11.9 Å². The Hall–Kier alpha value is -1.34.